The van der Waals surface area contributed by atoms with Gasteiger partial charge >= 0.3 is 6.18 Å². The third-order valence-corrected chi connectivity index (χ3v) is 6.58. The number of carbonyl (C=O) groups excluding carboxylic acids is 1. The van der Waals surface area contributed by atoms with Crippen molar-refractivity contribution in [1.82, 2.24) is 30.4 Å². The molecule has 9 nitrogen and oxygen atoms in total. The highest BCUT2D eigenvalue weighted by atomic mass is 19.4. The van der Waals surface area contributed by atoms with Gasteiger partial charge in [-0.15, -0.1) is 0 Å². The highest BCUT2D eigenvalue weighted by Crippen LogP contribution is 2.30. The SMILES string of the molecule is CC1CN(Cc2c[nH]nc2-c2ccc(N3CCNC(=O)C3)nc2)CCN1c1ccc(C(F)(F)F)cn1. The van der Waals surface area contributed by atoms with E-state index in [1.165, 1.54) is 6.07 Å². The lowest BCUT2D eigenvalue weighted by Crippen LogP contribution is -2.51. The number of amides is 1. The third-order valence-electron chi connectivity index (χ3n) is 6.58. The van der Waals surface area contributed by atoms with Crippen molar-refractivity contribution >= 4 is 17.5 Å². The van der Waals surface area contributed by atoms with Gasteiger partial charge in [0.05, 0.1) is 17.8 Å². The Hall–Kier alpha value is -3.67. The van der Waals surface area contributed by atoms with Gasteiger partial charge in [0.2, 0.25) is 5.91 Å². The van der Waals surface area contributed by atoms with Gasteiger partial charge in [-0.2, -0.15) is 18.3 Å². The van der Waals surface area contributed by atoms with Crippen molar-refractivity contribution in [1.29, 1.82) is 0 Å². The van der Waals surface area contributed by atoms with E-state index < -0.39 is 11.7 Å². The molecular weight excluding hydrogens is 473 g/mol. The topological polar surface area (TPSA) is 93.3 Å². The maximum Gasteiger partial charge on any atom is 0.417 e. The second-order valence-corrected chi connectivity index (χ2v) is 9.12. The predicted octanol–water partition coefficient (Wildman–Crippen LogP) is 2.53. The molecule has 3 aromatic heterocycles. The van der Waals surface area contributed by atoms with Crippen LogP contribution in [0.2, 0.25) is 0 Å². The molecule has 0 aromatic carbocycles. The van der Waals surface area contributed by atoms with Crippen LogP contribution in [-0.4, -0.2) is 76.3 Å². The number of nitrogens with zero attached hydrogens (tertiary/aromatic N) is 6. The van der Waals surface area contributed by atoms with E-state index in [1.54, 1.807) is 6.20 Å². The number of piperazine rings is 2. The first kappa shape index (κ1) is 24.0. The van der Waals surface area contributed by atoms with Gasteiger partial charge < -0.3 is 15.1 Å². The number of aromatic amines is 1. The second kappa shape index (κ2) is 9.76. The molecule has 190 valence electrons. The molecule has 1 amide bonds. The first-order chi connectivity index (χ1) is 17.3. The van der Waals surface area contributed by atoms with Crippen LogP contribution in [0.15, 0.2) is 42.9 Å². The van der Waals surface area contributed by atoms with Crippen molar-refractivity contribution in [2.75, 3.05) is 49.1 Å². The molecule has 1 unspecified atom stereocenters. The smallest absolute Gasteiger partial charge is 0.353 e. The number of hydrogen-bond donors (Lipinski definition) is 2. The minimum atomic E-state index is -4.39. The Bertz CT molecular complexity index is 1200. The van der Waals surface area contributed by atoms with Gasteiger partial charge in [-0.25, -0.2) is 9.97 Å². The minimum absolute atomic E-state index is 0.00913. The van der Waals surface area contributed by atoms with Crippen molar-refractivity contribution in [3.05, 3.63) is 54.0 Å². The Kier molecular flexibility index (Phi) is 6.52. The third kappa shape index (κ3) is 5.13. The van der Waals surface area contributed by atoms with Crippen molar-refractivity contribution in [2.24, 2.45) is 0 Å². The maximum absolute atomic E-state index is 12.9. The summed E-state index contributed by atoms with van der Waals surface area (Å²) in [5.74, 6) is 1.30. The Balaban J connectivity index is 1.22. The minimum Gasteiger partial charge on any atom is -0.353 e. The number of anilines is 2. The highest BCUT2D eigenvalue weighted by Gasteiger charge is 2.32. The molecule has 5 rings (SSSR count). The van der Waals surface area contributed by atoms with Gasteiger partial charge in [0.1, 0.15) is 11.6 Å². The number of rotatable bonds is 5. The van der Waals surface area contributed by atoms with E-state index in [0.717, 1.165) is 54.5 Å². The van der Waals surface area contributed by atoms with Gasteiger partial charge in [0, 0.05) is 75.0 Å². The zero-order chi connectivity index (χ0) is 25.3. The van der Waals surface area contributed by atoms with E-state index >= 15 is 0 Å². The number of pyridine rings is 2. The molecule has 36 heavy (non-hydrogen) atoms. The van der Waals surface area contributed by atoms with E-state index in [4.69, 9.17) is 0 Å². The number of hydrogen-bond acceptors (Lipinski definition) is 7. The summed E-state index contributed by atoms with van der Waals surface area (Å²) in [6, 6.07) is 6.48. The number of aromatic nitrogens is 4. The summed E-state index contributed by atoms with van der Waals surface area (Å²) in [4.78, 5) is 26.6. The molecular formula is C24H27F3N8O. The number of alkyl halides is 3. The van der Waals surface area contributed by atoms with Gasteiger partial charge in [0.15, 0.2) is 0 Å². The average molecular weight is 501 g/mol. The molecule has 0 saturated carbocycles. The summed E-state index contributed by atoms with van der Waals surface area (Å²) in [5, 5.41) is 10.2. The summed E-state index contributed by atoms with van der Waals surface area (Å²) in [6.45, 7) is 6.49. The number of nitrogens with one attached hydrogen (secondary N) is 2. The van der Waals surface area contributed by atoms with Gasteiger partial charge in [-0.05, 0) is 31.2 Å². The Morgan fingerprint density at radius 2 is 1.86 bits per heavy atom. The van der Waals surface area contributed by atoms with Crippen LogP contribution in [0.1, 0.15) is 18.1 Å². The quantitative estimate of drug-likeness (QED) is 0.556. The van der Waals surface area contributed by atoms with Gasteiger partial charge in [0.25, 0.3) is 0 Å². The predicted molar refractivity (Wildman–Crippen MR) is 128 cm³/mol. The Labute approximate surface area is 206 Å². The second-order valence-electron chi connectivity index (χ2n) is 9.12. The zero-order valence-electron chi connectivity index (χ0n) is 19.8. The van der Waals surface area contributed by atoms with Crippen LogP contribution >= 0.6 is 0 Å². The van der Waals surface area contributed by atoms with Crippen LogP contribution in [0, 0.1) is 0 Å². The summed E-state index contributed by atoms with van der Waals surface area (Å²) in [6.07, 6.45) is 0.161. The van der Waals surface area contributed by atoms with E-state index in [2.05, 4.69) is 30.4 Å². The molecule has 12 heteroatoms. The molecule has 2 aliphatic rings. The highest BCUT2D eigenvalue weighted by molar-refractivity contribution is 5.82. The standard InChI is InChI=1S/C24H27F3N8O/c1-16-13-33(8-9-35(16)21-5-3-19(12-30-21)24(25,26)27)14-18-11-31-32-23(18)17-2-4-20(29-10-17)34-7-6-28-22(36)15-34/h2-5,10-12,16H,6-9,13-15H2,1H3,(H,28,36)(H,31,32). The van der Waals surface area contributed by atoms with Crippen molar-refractivity contribution < 1.29 is 18.0 Å². The number of H-pyrrole nitrogens is 1. The van der Waals surface area contributed by atoms with Crippen LogP contribution in [0.3, 0.4) is 0 Å². The molecule has 1 atom stereocenters. The molecule has 0 aliphatic carbocycles. The van der Waals surface area contributed by atoms with E-state index in [-0.39, 0.29) is 11.9 Å². The van der Waals surface area contributed by atoms with Gasteiger partial charge in [-0.1, -0.05) is 0 Å². The zero-order valence-corrected chi connectivity index (χ0v) is 19.8. The van der Waals surface area contributed by atoms with Crippen LogP contribution < -0.4 is 15.1 Å². The molecule has 5 heterocycles. The Morgan fingerprint density at radius 3 is 2.53 bits per heavy atom. The molecule has 0 bridgehead atoms. The lowest BCUT2D eigenvalue weighted by Gasteiger charge is -2.40. The summed E-state index contributed by atoms with van der Waals surface area (Å²) in [7, 11) is 0. The molecule has 0 spiro atoms. The average Bonchev–Trinajstić information content (AvgIpc) is 3.32. The van der Waals surface area contributed by atoms with E-state index in [0.29, 0.717) is 32.0 Å². The van der Waals surface area contributed by atoms with E-state index in [1.807, 2.05) is 35.1 Å². The normalized spacial score (nSPS) is 19.4. The molecule has 2 aliphatic heterocycles. The Morgan fingerprint density at radius 1 is 1.06 bits per heavy atom. The maximum atomic E-state index is 12.9. The summed E-state index contributed by atoms with van der Waals surface area (Å²) < 4.78 is 38.6. The molecule has 2 saturated heterocycles. The fourth-order valence-electron chi connectivity index (χ4n) is 4.71. The van der Waals surface area contributed by atoms with E-state index in [9.17, 15) is 18.0 Å². The lowest BCUT2D eigenvalue weighted by atomic mass is 10.1. The number of carbonyl (C=O) groups is 1. The summed E-state index contributed by atoms with van der Waals surface area (Å²) >= 11 is 0. The summed E-state index contributed by atoms with van der Waals surface area (Å²) in [5.41, 5.74) is 2.01. The van der Waals surface area contributed by atoms with Crippen molar-refractivity contribution in [2.45, 2.75) is 25.7 Å². The van der Waals surface area contributed by atoms with Crippen molar-refractivity contribution in [3.8, 4) is 11.3 Å². The lowest BCUT2D eigenvalue weighted by molar-refractivity contribution is -0.137. The van der Waals surface area contributed by atoms with Crippen molar-refractivity contribution in [3.63, 3.8) is 0 Å². The monoisotopic (exact) mass is 500 g/mol. The van der Waals surface area contributed by atoms with Crippen LogP contribution in [0.4, 0.5) is 24.8 Å². The molecule has 0 radical (unpaired) electrons. The molecule has 3 aromatic rings. The van der Waals surface area contributed by atoms with Crippen LogP contribution in [-0.2, 0) is 17.5 Å². The fraction of sp³-hybridized carbons (Fsp3) is 0.417. The van der Waals surface area contributed by atoms with Gasteiger partial charge in [-0.3, -0.25) is 14.8 Å². The van der Waals surface area contributed by atoms with Crippen LogP contribution in [0.5, 0.6) is 0 Å². The molecule has 2 fully saturated rings. The molecule has 2 N–H and O–H groups in total. The van der Waals surface area contributed by atoms with Crippen LogP contribution in [0.25, 0.3) is 11.3 Å². The first-order valence-corrected chi connectivity index (χ1v) is 11.8. The number of halogens is 3. The fourth-order valence-corrected chi connectivity index (χ4v) is 4.71. The first-order valence-electron chi connectivity index (χ1n) is 11.8. The largest absolute Gasteiger partial charge is 0.417 e.